The minimum atomic E-state index is 0.950. The van der Waals surface area contributed by atoms with Crippen molar-refractivity contribution < 1.29 is 0 Å². The third kappa shape index (κ3) is 3.74. The third-order valence-corrected chi connectivity index (χ3v) is 9.25. The minimum Gasteiger partial charge on any atom is -0.0999 e. The van der Waals surface area contributed by atoms with E-state index in [1.54, 1.807) is 44.1 Å². The van der Waals surface area contributed by atoms with E-state index in [1.807, 2.05) is 0 Å². The maximum absolute atomic E-state index is 4.35. The van der Waals surface area contributed by atoms with Crippen LogP contribution in [0.3, 0.4) is 0 Å². The Morgan fingerprint density at radius 2 is 1.52 bits per heavy atom. The van der Waals surface area contributed by atoms with Crippen LogP contribution >= 0.6 is 0 Å². The summed E-state index contributed by atoms with van der Waals surface area (Å²) in [5.74, 6) is 8.23. The molecule has 0 aromatic rings. The largest absolute Gasteiger partial charge is 0.0999 e. The van der Waals surface area contributed by atoms with E-state index < -0.39 is 0 Å². The van der Waals surface area contributed by atoms with E-state index in [2.05, 4.69) is 20.4 Å². The highest BCUT2D eigenvalue weighted by Crippen LogP contribution is 2.57. The summed E-state index contributed by atoms with van der Waals surface area (Å²) in [7, 11) is 0. The zero-order valence-corrected chi connectivity index (χ0v) is 17.0. The standard InChI is InChI=1S/C25H42/c1-17-9-12-22-23-13-10-18(2)21(14-11-20-7-5-4-6-8-20)25(23)16-19(3)24(22)15-17/h18-25H,1,4-16H2,2-3H3. The van der Waals surface area contributed by atoms with Crippen molar-refractivity contribution in [3.05, 3.63) is 12.2 Å². The van der Waals surface area contributed by atoms with E-state index in [4.69, 9.17) is 0 Å². The van der Waals surface area contributed by atoms with E-state index in [0.717, 1.165) is 47.3 Å². The second-order valence-electron chi connectivity index (χ2n) is 10.7. The smallest absolute Gasteiger partial charge is 0.0289 e. The SMILES string of the molecule is C=C1CCC2C(C1)C(C)CC1C(CCC3CCCCC3)C(C)CCC21. The van der Waals surface area contributed by atoms with Crippen molar-refractivity contribution in [3.8, 4) is 0 Å². The average molecular weight is 343 g/mol. The van der Waals surface area contributed by atoms with Gasteiger partial charge in [-0.1, -0.05) is 70.9 Å². The fourth-order valence-corrected chi connectivity index (χ4v) is 7.84. The Labute approximate surface area is 157 Å². The van der Waals surface area contributed by atoms with E-state index in [1.165, 1.54) is 44.9 Å². The van der Waals surface area contributed by atoms with Crippen LogP contribution in [0.2, 0.25) is 0 Å². The van der Waals surface area contributed by atoms with Gasteiger partial charge in [0.25, 0.3) is 0 Å². The van der Waals surface area contributed by atoms with Gasteiger partial charge in [0.2, 0.25) is 0 Å². The maximum atomic E-state index is 4.35. The lowest BCUT2D eigenvalue weighted by Gasteiger charge is -2.55. The molecule has 142 valence electrons. The topological polar surface area (TPSA) is 0 Å². The van der Waals surface area contributed by atoms with Gasteiger partial charge in [-0.3, -0.25) is 0 Å². The molecule has 7 unspecified atom stereocenters. The molecule has 4 aliphatic rings. The molecule has 0 nitrogen and oxygen atoms in total. The lowest BCUT2D eigenvalue weighted by molar-refractivity contribution is -0.0480. The van der Waals surface area contributed by atoms with E-state index in [-0.39, 0.29) is 0 Å². The lowest BCUT2D eigenvalue weighted by Crippen LogP contribution is -2.47. The number of hydrogen-bond donors (Lipinski definition) is 0. The molecule has 4 aliphatic carbocycles. The van der Waals surface area contributed by atoms with Gasteiger partial charge in [-0.05, 0) is 85.9 Å². The molecule has 0 N–H and O–H groups in total. The summed E-state index contributed by atoms with van der Waals surface area (Å²) in [6.45, 7) is 9.54. The van der Waals surface area contributed by atoms with Crippen molar-refractivity contribution in [2.45, 2.75) is 97.3 Å². The van der Waals surface area contributed by atoms with E-state index in [9.17, 15) is 0 Å². The number of fused-ring (bicyclic) bond motifs is 3. The average Bonchev–Trinajstić information content (AvgIpc) is 2.62. The van der Waals surface area contributed by atoms with Crippen LogP contribution in [0, 0.1) is 47.3 Å². The molecule has 0 aromatic carbocycles. The Balaban J connectivity index is 1.44. The van der Waals surface area contributed by atoms with Gasteiger partial charge < -0.3 is 0 Å². The van der Waals surface area contributed by atoms with Gasteiger partial charge >= 0.3 is 0 Å². The Kier molecular flexibility index (Phi) is 5.63. The van der Waals surface area contributed by atoms with Crippen molar-refractivity contribution >= 4 is 0 Å². The molecule has 0 radical (unpaired) electrons. The summed E-state index contributed by atoms with van der Waals surface area (Å²) in [5, 5.41) is 0. The number of hydrogen-bond acceptors (Lipinski definition) is 0. The van der Waals surface area contributed by atoms with Crippen LogP contribution in [0.5, 0.6) is 0 Å². The first-order chi connectivity index (χ1) is 12.1. The molecule has 0 aromatic heterocycles. The Hall–Kier alpha value is -0.260. The van der Waals surface area contributed by atoms with Crippen LogP contribution in [-0.2, 0) is 0 Å². The third-order valence-electron chi connectivity index (χ3n) is 9.25. The first-order valence-corrected chi connectivity index (χ1v) is 11.8. The maximum Gasteiger partial charge on any atom is -0.0289 e. The first-order valence-electron chi connectivity index (χ1n) is 11.8. The summed E-state index contributed by atoms with van der Waals surface area (Å²) in [6, 6.07) is 0. The number of allylic oxidation sites excluding steroid dienone is 1. The zero-order valence-electron chi connectivity index (χ0n) is 17.0. The monoisotopic (exact) mass is 342 g/mol. The molecule has 0 amide bonds. The fourth-order valence-electron chi connectivity index (χ4n) is 7.84. The van der Waals surface area contributed by atoms with Crippen molar-refractivity contribution in [1.82, 2.24) is 0 Å². The molecule has 4 fully saturated rings. The predicted octanol–water partition coefficient (Wildman–Crippen LogP) is 7.64. The van der Waals surface area contributed by atoms with Crippen LogP contribution in [-0.4, -0.2) is 0 Å². The van der Waals surface area contributed by atoms with Gasteiger partial charge in [-0.2, -0.15) is 0 Å². The highest BCUT2D eigenvalue weighted by atomic mass is 14.5. The predicted molar refractivity (Wildman–Crippen MR) is 108 cm³/mol. The molecule has 0 heteroatoms. The van der Waals surface area contributed by atoms with E-state index >= 15 is 0 Å². The summed E-state index contributed by atoms with van der Waals surface area (Å²) in [4.78, 5) is 0. The van der Waals surface area contributed by atoms with Gasteiger partial charge in [0.05, 0.1) is 0 Å². The van der Waals surface area contributed by atoms with Crippen molar-refractivity contribution in [1.29, 1.82) is 0 Å². The molecule has 0 heterocycles. The molecular formula is C25H42. The minimum absolute atomic E-state index is 0.950. The van der Waals surface area contributed by atoms with Crippen LogP contribution in [0.1, 0.15) is 97.3 Å². The van der Waals surface area contributed by atoms with Crippen molar-refractivity contribution in [2.75, 3.05) is 0 Å². The molecule has 0 bridgehead atoms. The Morgan fingerprint density at radius 1 is 0.760 bits per heavy atom. The van der Waals surface area contributed by atoms with Gasteiger partial charge in [0.15, 0.2) is 0 Å². The molecule has 0 spiro atoms. The Bertz CT molecular complexity index is 457. The van der Waals surface area contributed by atoms with E-state index in [0.29, 0.717) is 0 Å². The fraction of sp³-hybridized carbons (Fsp3) is 0.920. The van der Waals surface area contributed by atoms with Crippen LogP contribution in [0.25, 0.3) is 0 Å². The molecule has 4 saturated carbocycles. The van der Waals surface area contributed by atoms with Crippen molar-refractivity contribution in [2.24, 2.45) is 47.3 Å². The summed E-state index contributed by atoms with van der Waals surface area (Å²) >= 11 is 0. The molecular weight excluding hydrogens is 300 g/mol. The summed E-state index contributed by atoms with van der Waals surface area (Å²) < 4.78 is 0. The quantitative estimate of drug-likeness (QED) is 0.462. The Morgan fingerprint density at radius 3 is 2.32 bits per heavy atom. The molecule has 7 atom stereocenters. The molecule has 0 saturated heterocycles. The second-order valence-corrected chi connectivity index (χ2v) is 10.7. The normalized spacial score (nSPS) is 45.7. The van der Waals surface area contributed by atoms with Gasteiger partial charge in [-0.25, -0.2) is 0 Å². The van der Waals surface area contributed by atoms with Crippen LogP contribution in [0.15, 0.2) is 12.2 Å². The van der Waals surface area contributed by atoms with Gasteiger partial charge in [0.1, 0.15) is 0 Å². The molecule has 0 aliphatic heterocycles. The lowest BCUT2D eigenvalue weighted by atomic mass is 9.50. The van der Waals surface area contributed by atoms with Crippen LogP contribution in [0.4, 0.5) is 0 Å². The summed E-state index contributed by atoms with van der Waals surface area (Å²) in [6.07, 6.45) is 19.5. The highest BCUT2D eigenvalue weighted by Gasteiger charge is 2.49. The molecule has 25 heavy (non-hydrogen) atoms. The highest BCUT2D eigenvalue weighted by molar-refractivity contribution is 5.07. The first kappa shape index (κ1) is 18.1. The second kappa shape index (κ2) is 7.77. The van der Waals surface area contributed by atoms with Gasteiger partial charge in [-0.15, -0.1) is 0 Å². The zero-order chi connectivity index (χ0) is 17.4. The van der Waals surface area contributed by atoms with Gasteiger partial charge in [0, 0.05) is 0 Å². The molecule has 4 rings (SSSR count). The van der Waals surface area contributed by atoms with Crippen molar-refractivity contribution in [3.63, 3.8) is 0 Å². The number of rotatable bonds is 3. The summed E-state index contributed by atoms with van der Waals surface area (Å²) in [5.41, 5.74) is 1.56. The van der Waals surface area contributed by atoms with Crippen LogP contribution < -0.4 is 0 Å².